The van der Waals surface area contributed by atoms with Crippen LogP contribution in [0.4, 0.5) is 0 Å². The summed E-state index contributed by atoms with van der Waals surface area (Å²) in [4.78, 5) is 10.5. The van der Waals surface area contributed by atoms with E-state index in [0.717, 1.165) is 36.7 Å². The fraction of sp³-hybridized carbons (Fsp3) is 0.364. The second-order valence-corrected chi connectivity index (χ2v) is 3.48. The van der Waals surface area contributed by atoms with Gasteiger partial charge in [-0.2, -0.15) is 0 Å². The highest BCUT2D eigenvalue weighted by Gasteiger charge is 2.17. The maximum Gasteiger partial charge on any atom is 0.150 e. The lowest BCUT2D eigenvalue weighted by Crippen LogP contribution is -2.09. The Hall–Kier alpha value is -1.15. The van der Waals surface area contributed by atoms with Crippen LogP contribution < -0.4 is 0 Å². The molecular formula is C11H12O2. The molecule has 1 aromatic rings. The van der Waals surface area contributed by atoms with Gasteiger partial charge in [0.2, 0.25) is 0 Å². The van der Waals surface area contributed by atoms with Gasteiger partial charge >= 0.3 is 0 Å². The van der Waals surface area contributed by atoms with E-state index in [2.05, 4.69) is 0 Å². The molecule has 2 heteroatoms. The van der Waals surface area contributed by atoms with Crippen molar-refractivity contribution < 1.29 is 9.90 Å². The molecule has 0 saturated carbocycles. The van der Waals surface area contributed by atoms with Gasteiger partial charge in [0, 0.05) is 5.56 Å². The van der Waals surface area contributed by atoms with E-state index in [1.54, 1.807) is 6.07 Å². The summed E-state index contributed by atoms with van der Waals surface area (Å²) in [7, 11) is 0. The molecule has 1 aliphatic rings. The van der Waals surface area contributed by atoms with Crippen LogP contribution in [0.5, 0.6) is 0 Å². The topological polar surface area (TPSA) is 37.3 Å². The van der Waals surface area contributed by atoms with E-state index in [0.29, 0.717) is 5.56 Å². The van der Waals surface area contributed by atoms with Gasteiger partial charge in [0.1, 0.15) is 6.29 Å². The third-order valence-electron chi connectivity index (χ3n) is 2.59. The summed E-state index contributed by atoms with van der Waals surface area (Å²) in [5, 5.41) is 9.64. The Bertz CT molecular complexity index is 331. The molecule has 1 aliphatic carbocycles. The highest BCUT2D eigenvalue weighted by Crippen LogP contribution is 2.29. The Labute approximate surface area is 77.2 Å². The molecule has 0 fully saturated rings. The number of hydrogen-bond acceptors (Lipinski definition) is 2. The monoisotopic (exact) mass is 176 g/mol. The van der Waals surface area contributed by atoms with Gasteiger partial charge in [-0.3, -0.25) is 4.79 Å². The Morgan fingerprint density at radius 3 is 3.08 bits per heavy atom. The average Bonchev–Trinajstić information content (AvgIpc) is 2.18. The first-order valence-corrected chi connectivity index (χ1v) is 4.57. The lowest BCUT2D eigenvalue weighted by atomic mass is 9.88. The van der Waals surface area contributed by atoms with Gasteiger partial charge in [-0.15, -0.1) is 0 Å². The minimum atomic E-state index is -0.329. The van der Waals surface area contributed by atoms with Gasteiger partial charge in [-0.1, -0.05) is 12.1 Å². The molecule has 0 aliphatic heterocycles. The largest absolute Gasteiger partial charge is 0.388 e. The van der Waals surface area contributed by atoms with Crippen molar-refractivity contribution in [3.63, 3.8) is 0 Å². The zero-order valence-electron chi connectivity index (χ0n) is 7.36. The van der Waals surface area contributed by atoms with Crippen LogP contribution >= 0.6 is 0 Å². The highest BCUT2D eigenvalue weighted by molar-refractivity contribution is 5.75. The minimum absolute atomic E-state index is 0.329. The number of carbonyl (C=O) groups excluding carboxylic acids is 1. The molecule has 0 heterocycles. The molecule has 0 spiro atoms. The van der Waals surface area contributed by atoms with Crippen molar-refractivity contribution in [3.8, 4) is 0 Å². The number of aliphatic hydroxyl groups is 1. The predicted octanol–water partition coefficient (Wildman–Crippen LogP) is 1.87. The van der Waals surface area contributed by atoms with Gasteiger partial charge < -0.3 is 5.11 Å². The van der Waals surface area contributed by atoms with Crippen LogP contribution in [-0.2, 0) is 6.42 Å². The van der Waals surface area contributed by atoms with Crippen molar-refractivity contribution in [2.75, 3.05) is 0 Å². The van der Waals surface area contributed by atoms with Gasteiger partial charge in [-0.25, -0.2) is 0 Å². The molecule has 68 valence electrons. The Morgan fingerprint density at radius 2 is 2.31 bits per heavy atom. The summed E-state index contributed by atoms with van der Waals surface area (Å²) in [5.74, 6) is 0. The van der Waals surface area contributed by atoms with Crippen molar-refractivity contribution in [2.24, 2.45) is 0 Å². The third-order valence-corrected chi connectivity index (χ3v) is 2.59. The zero-order chi connectivity index (χ0) is 9.26. The normalized spacial score (nSPS) is 20.8. The smallest absolute Gasteiger partial charge is 0.150 e. The first kappa shape index (κ1) is 8.45. The second-order valence-electron chi connectivity index (χ2n) is 3.48. The zero-order valence-corrected chi connectivity index (χ0v) is 7.36. The summed E-state index contributed by atoms with van der Waals surface area (Å²) in [6, 6.07) is 5.51. The maximum atomic E-state index is 10.5. The minimum Gasteiger partial charge on any atom is -0.388 e. The molecule has 1 atom stereocenters. The predicted molar refractivity (Wildman–Crippen MR) is 49.7 cm³/mol. The summed E-state index contributed by atoms with van der Waals surface area (Å²) >= 11 is 0. The second kappa shape index (κ2) is 3.30. The van der Waals surface area contributed by atoms with E-state index >= 15 is 0 Å². The maximum absolute atomic E-state index is 10.5. The van der Waals surface area contributed by atoms with E-state index < -0.39 is 0 Å². The summed E-state index contributed by atoms with van der Waals surface area (Å²) in [5.41, 5.74) is 2.83. The third kappa shape index (κ3) is 1.49. The first-order chi connectivity index (χ1) is 6.31. The van der Waals surface area contributed by atoms with E-state index in [9.17, 15) is 9.90 Å². The number of aliphatic hydroxyl groups excluding tert-OH is 1. The molecule has 0 amide bonds. The van der Waals surface area contributed by atoms with Crippen molar-refractivity contribution in [1.29, 1.82) is 0 Å². The van der Waals surface area contributed by atoms with Crippen molar-refractivity contribution in [3.05, 3.63) is 34.9 Å². The molecule has 1 N–H and O–H groups in total. The standard InChI is InChI=1S/C11H12O2/c12-7-8-4-5-10-9(6-8)2-1-3-11(10)13/h4-7,11,13H,1-3H2. The SMILES string of the molecule is O=Cc1ccc2c(c1)CCCC2O. The number of aryl methyl sites for hydroxylation is 1. The number of rotatable bonds is 1. The van der Waals surface area contributed by atoms with Gasteiger partial charge in [0.05, 0.1) is 6.10 Å². The molecular weight excluding hydrogens is 164 g/mol. The van der Waals surface area contributed by atoms with Crippen LogP contribution in [0.15, 0.2) is 18.2 Å². The average molecular weight is 176 g/mol. The van der Waals surface area contributed by atoms with Crippen molar-refractivity contribution >= 4 is 6.29 Å². The number of benzene rings is 1. The van der Waals surface area contributed by atoms with Crippen molar-refractivity contribution in [2.45, 2.75) is 25.4 Å². The number of aldehydes is 1. The van der Waals surface area contributed by atoms with E-state index in [4.69, 9.17) is 0 Å². The van der Waals surface area contributed by atoms with E-state index in [1.165, 1.54) is 0 Å². The van der Waals surface area contributed by atoms with Gasteiger partial charge in [0.25, 0.3) is 0 Å². The number of fused-ring (bicyclic) bond motifs is 1. The fourth-order valence-electron chi connectivity index (χ4n) is 1.88. The lowest BCUT2D eigenvalue weighted by molar-refractivity contribution is 0.112. The fourth-order valence-corrected chi connectivity index (χ4v) is 1.88. The van der Waals surface area contributed by atoms with E-state index in [-0.39, 0.29) is 6.10 Å². The molecule has 0 aromatic heterocycles. The Morgan fingerprint density at radius 1 is 1.46 bits per heavy atom. The number of hydrogen-bond donors (Lipinski definition) is 1. The lowest BCUT2D eigenvalue weighted by Gasteiger charge is -2.21. The summed E-state index contributed by atoms with van der Waals surface area (Å²) in [6.45, 7) is 0. The molecule has 0 saturated heterocycles. The molecule has 2 nitrogen and oxygen atoms in total. The summed E-state index contributed by atoms with van der Waals surface area (Å²) < 4.78 is 0. The molecule has 2 rings (SSSR count). The van der Waals surface area contributed by atoms with Crippen LogP contribution in [-0.4, -0.2) is 11.4 Å². The first-order valence-electron chi connectivity index (χ1n) is 4.57. The highest BCUT2D eigenvalue weighted by atomic mass is 16.3. The Balaban J connectivity index is 2.45. The van der Waals surface area contributed by atoms with Crippen LogP contribution in [0, 0.1) is 0 Å². The molecule has 1 aromatic carbocycles. The van der Waals surface area contributed by atoms with Gasteiger partial charge in [-0.05, 0) is 36.5 Å². The van der Waals surface area contributed by atoms with Crippen LogP contribution in [0.1, 0.15) is 40.4 Å². The summed E-state index contributed by atoms with van der Waals surface area (Å²) in [6.07, 6.45) is 3.35. The van der Waals surface area contributed by atoms with Crippen LogP contribution in [0.3, 0.4) is 0 Å². The van der Waals surface area contributed by atoms with Crippen LogP contribution in [0.25, 0.3) is 0 Å². The molecule has 13 heavy (non-hydrogen) atoms. The number of carbonyl (C=O) groups is 1. The van der Waals surface area contributed by atoms with Crippen molar-refractivity contribution in [1.82, 2.24) is 0 Å². The molecule has 0 radical (unpaired) electrons. The van der Waals surface area contributed by atoms with E-state index in [1.807, 2.05) is 12.1 Å². The quantitative estimate of drug-likeness (QED) is 0.663. The van der Waals surface area contributed by atoms with Crippen LogP contribution in [0.2, 0.25) is 0 Å². The molecule has 0 bridgehead atoms. The van der Waals surface area contributed by atoms with Gasteiger partial charge in [0.15, 0.2) is 0 Å². The Kier molecular flexibility index (Phi) is 2.15. The molecule has 1 unspecified atom stereocenters.